The standard InChI is InChI=1S/C15H21N3O2.2C2HF3O2/c1-16-15(19)7-13-6-12-9-18(10-14(12)20-13)8-11-2-4-17-5-3-11;2*3-2(4,5)1(6)7/h2-5,12-14H,6-10H2,1H3,(H,16,19);2*(H,6,7)/t12-,13+,14+;;/m0../s1. The van der Waals surface area contributed by atoms with Crippen molar-refractivity contribution in [1.82, 2.24) is 15.2 Å². The van der Waals surface area contributed by atoms with E-state index in [0.29, 0.717) is 18.4 Å². The number of hydrogen-bond acceptors (Lipinski definition) is 6. The topological polar surface area (TPSA) is 129 Å². The van der Waals surface area contributed by atoms with E-state index in [1.165, 1.54) is 5.56 Å². The van der Waals surface area contributed by atoms with Crippen LogP contribution in [0.1, 0.15) is 18.4 Å². The predicted molar refractivity (Wildman–Crippen MR) is 102 cm³/mol. The van der Waals surface area contributed by atoms with Gasteiger partial charge in [0.15, 0.2) is 0 Å². The number of alkyl halides is 6. The lowest BCUT2D eigenvalue weighted by atomic mass is 10.0. The number of carbonyl (C=O) groups is 3. The Hall–Kier alpha value is -2.94. The fraction of sp³-hybridized carbons (Fsp3) is 0.579. The number of likely N-dealkylation sites (tertiary alicyclic amines) is 1. The van der Waals surface area contributed by atoms with E-state index in [1.807, 2.05) is 12.4 Å². The molecule has 0 unspecified atom stereocenters. The number of aromatic nitrogens is 1. The van der Waals surface area contributed by atoms with E-state index in [2.05, 4.69) is 27.3 Å². The Morgan fingerprint density at radius 2 is 1.56 bits per heavy atom. The van der Waals surface area contributed by atoms with Crippen LogP contribution in [0.2, 0.25) is 0 Å². The smallest absolute Gasteiger partial charge is 0.475 e. The Labute approximate surface area is 189 Å². The van der Waals surface area contributed by atoms with Crippen molar-refractivity contribution in [3.63, 3.8) is 0 Å². The van der Waals surface area contributed by atoms with Crippen molar-refractivity contribution in [3.05, 3.63) is 30.1 Å². The number of carbonyl (C=O) groups excluding carboxylic acids is 1. The number of halogens is 6. The summed E-state index contributed by atoms with van der Waals surface area (Å²) in [5, 5.41) is 16.9. The van der Waals surface area contributed by atoms with Crippen LogP contribution in [0, 0.1) is 5.92 Å². The molecule has 2 aliphatic rings. The number of fused-ring (bicyclic) bond motifs is 1. The highest BCUT2D eigenvalue weighted by Crippen LogP contribution is 2.34. The Morgan fingerprint density at radius 3 is 1.97 bits per heavy atom. The van der Waals surface area contributed by atoms with Crippen molar-refractivity contribution < 1.29 is 55.7 Å². The fourth-order valence-corrected chi connectivity index (χ4v) is 3.26. The summed E-state index contributed by atoms with van der Waals surface area (Å²) in [6.07, 6.45) is -4.59. The average Bonchev–Trinajstić information content (AvgIpc) is 3.25. The summed E-state index contributed by atoms with van der Waals surface area (Å²) in [5.41, 5.74) is 1.29. The van der Waals surface area contributed by atoms with Crippen molar-refractivity contribution in [2.45, 2.75) is 43.9 Å². The molecule has 15 heteroatoms. The van der Waals surface area contributed by atoms with Gasteiger partial charge in [-0.25, -0.2) is 9.59 Å². The second kappa shape index (κ2) is 12.5. The van der Waals surface area contributed by atoms with E-state index >= 15 is 0 Å². The molecule has 0 saturated carbocycles. The number of amides is 1. The molecule has 3 atom stereocenters. The van der Waals surface area contributed by atoms with Crippen LogP contribution in [0.4, 0.5) is 26.3 Å². The average molecular weight is 503 g/mol. The molecule has 0 spiro atoms. The van der Waals surface area contributed by atoms with Gasteiger partial charge in [-0.3, -0.25) is 14.7 Å². The third kappa shape index (κ3) is 10.3. The van der Waals surface area contributed by atoms with Gasteiger partial charge in [-0.05, 0) is 24.1 Å². The van der Waals surface area contributed by atoms with Crippen LogP contribution in [0.25, 0.3) is 0 Å². The highest BCUT2D eigenvalue weighted by molar-refractivity contribution is 5.76. The lowest BCUT2D eigenvalue weighted by Crippen LogP contribution is -2.28. The first kappa shape index (κ1) is 29.1. The highest BCUT2D eigenvalue weighted by Gasteiger charge is 2.42. The number of hydrogen-bond donors (Lipinski definition) is 3. The maximum atomic E-state index is 11.4. The molecule has 3 heterocycles. The summed E-state index contributed by atoms with van der Waals surface area (Å²) in [7, 11) is 1.68. The molecule has 2 aliphatic heterocycles. The SMILES string of the molecule is CNC(=O)C[C@H]1C[C@H]2CN(Cc3ccncc3)C[C@H]2O1.O=C(O)C(F)(F)F.O=C(O)C(F)(F)F. The molecule has 0 aliphatic carbocycles. The van der Waals surface area contributed by atoms with Crippen molar-refractivity contribution >= 4 is 17.8 Å². The second-order valence-corrected chi connectivity index (χ2v) is 7.32. The van der Waals surface area contributed by atoms with E-state index in [1.54, 1.807) is 7.05 Å². The van der Waals surface area contributed by atoms with Crippen LogP contribution < -0.4 is 5.32 Å². The van der Waals surface area contributed by atoms with Gasteiger partial charge in [0.25, 0.3) is 0 Å². The van der Waals surface area contributed by atoms with Crippen LogP contribution in [0.15, 0.2) is 24.5 Å². The van der Waals surface area contributed by atoms with Gasteiger partial charge in [0.1, 0.15) is 0 Å². The minimum absolute atomic E-state index is 0.0728. The van der Waals surface area contributed by atoms with Crippen molar-refractivity contribution in [2.75, 3.05) is 20.1 Å². The van der Waals surface area contributed by atoms with Gasteiger partial charge in [0, 0.05) is 45.0 Å². The molecular formula is C19H23F6N3O6. The molecule has 2 saturated heterocycles. The second-order valence-electron chi connectivity index (χ2n) is 7.32. The molecule has 2 fully saturated rings. The van der Waals surface area contributed by atoms with Gasteiger partial charge in [-0.15, -0.1) is 0 Å². The Kier molecular flexibility index (Phi) is 10.7. The summed E-state index contributed by atoms with van der Waals surface area (Å²) in [5.74, 6) is -4.87. The molecule has 0 aromatic carbocycles. The van der Waals surface area contributed by atoms with Crippen LogP contribution in [0.5, 0.6) is 0 Å². The monoisotopic (exact) mass is 503 g/mol. The normalized spacial score (nSPS) is 21.9. The predicted octanol–water partition coefficient (Wildman–Crippen LogP) is 2.07. The molecule has 3 N–H and O–H groups in total. The van der Waals surface area contributed by atoms with Crippen LogP contribution in [-0.2, 0) is 25.7 Å². The third-order valence-electron chi connectivity index (χ3n) is 4.72. The minimum atomic E-state index is -5.08. The molecule has 0 radical (unpaired) electrons. The zero-order valence-corrected chi connectivity index (χ0v) is 17.8. The number of rotatable bonds is 4. The van der Waals surface area contributed by atoms with Crippen LogP contribution >= 0.6 is 0 Å². The van der Waals surface area contributed by atoms with Gasteiger partial charge < -0.3 is 20.3 Å². The highest BCUT2D eigenvalue weighted by atomic mass is 19.4. The van der Waals surface area contributed by atoms with Crippen molar-refractivity contribution in [2.24, 2.45) is 5.92 Å². The first-order valence-corrected chi connectivity index (χ1v) is 9.71. The maximum absolute atomic E-state index is 11.4. The number of carboxylic acids is 2. The largest absolute Gasteiger partial charge is 0.490 e. The zero-order chi connectivity index (χ0) is 26.1. The molecule has 34 heavy (non-hydrogen) atoms. The number of pyridine rings is 1. The van der Waals surface area contributed by atoms with Gasteiger partial charge in [0.05, 0.1) is 18.6 Å². The third-order valence-corrected chi connectivity index (χ3v) is 4.72. The lowest BCUT2D eigenvalue weighted by molar-refractivity contribution is -0.193. The number of nitrogens with one attached hydrogen (secondary N) is 1. The fourth-order valence-electron chi connectivity index (χ4n) is 3.26. The van der Waals surface area contributed by atoms with Gasteiger partial charge in [-0.2, -0.15) is 26.3 Å². The van der Waals surface area contributed by atoms with Crippen molar-refractivity contribution in [3.8, 4) is 0 Å². The molecule has 1 aromatic rings. The molecule has 3 rings (SSSR count). The molecule has 9 nitrogen and oxygen atoms in total. The quantitative estimate of drug-likeness (QED) is 0.533. The molecule has 0 bridgehead atoms. The molecular weight excluding hydrogens is 480 g/mol. The summed E-state index contributed by atoms with van der Waals surface area (Å²) in [4.78, 5) is 35.7. The summed E-state index contributed by atoms with van der Waals surface area (Å²) in [6, 6.07) is 4.12. The van der Waals surface area contributed by atoms with Crippen LogP contribution in [-0.4, -0.2) is 82.6 Å². The number of carboxylic acid groups (broad SMARTS) is 2. The van der Waals surface area contributed by atoms with Gasteiger partial charge in [0.2, 0.25) is 5.91 Å². The van der Waals surface area contributed by atoms with Crippen molar-refractivity contribution in [1.29, 1.82) is 0 Å². The van der Waals surface area contributed by atoms with E-state index in [4.69, 9.17) is 24.5 Å². The number of aliphatic carboxylic acids is 2. The summed E-state index contributed by atoms with van der Waals surface area (Å²) >= 11 is 0. The van der Waals surface area contributed by atoms with E-state index in [-0.39, 0.29) is 12.0 Å². The first-order valence-electron chi connectivity index (χ1n) is 9.71. The van der Waals surface area contributed by atoms with Gasteiger partial charge >= 0.3 is 24.3 Å². The Balaban J connectivity index is 0.000000343. The first-order chi connectivity index (χ1) is 15.6. The minimum Gasteiger partial charge on any atom is -0.475 e. The molecule has 1 amide bonds. The summed E-state index contributed by atoms with van der Waals surface area (Å²) in [6.45, 7) is 2.99. The van der Waals surface area contributed by atoms with E-state index in [0.717, 1.165) is 26.1 Å². The summed E-state index contributed by atoms with van der Waals surface area (Å²) < 4.78 is 69.5. The zero-order valence-electron chi connectivity index (χ0n) is 17.8. The van der Waals surface area contributed by atoms with Gasteiger partial charge in [-0.1, -0.05) is 0 Å². The van der Waals surface area contributed by atoms with E-state index < -0.39 is 24.3 Å². The van der Waals surface area contributed by atoms with Crippen LogP contribution in [0.3, 0.4) is 0 Å². The number of nitrogens with zero attached hydrogens (tertiary/aromatic N) is 2. The maximum Gasteiger partial charge on any atom is 0.490 e. The molecule has 192 valence electrons. The van der Waals surface area contributed by atoms with E-state index in [9.17, 15) is 31.1 Å². The number of ether oxygens (including phenoxy) is 1. The Bertz CT molecular complexity index is 783. The Morgan fingerprint density at radius 1 is 1.06 bits per heavy atom. The molecule has 1 aromatic heterocycles. The lowest BCUT2D eigenvalue weighted by Gasteiger charge is -2.18.